The minimum Gasteiger partial charge on any atom is -0.479 e. The largest absolute Gasteiger partial charge is 0.479 e. The van der Waals surface area contributed by atoms with Gasteiger partial charge in [-0.1, -0.05) is 47.6 Å². The predicted octanol–water partition coefficient (Wildman–Crippen LogP) is 2.51. The van der Waals surface area contributed by atoms with Gasteiger partial charge in [0.1, 0.15) is 0 Å². The first-order chi connectivity index (χ1) is 9.61. The fraction of sp³-hybridized carbons (Fsp3) is 0.214. The molecule has 0 spiro atoms. The maximum absolute atomic E-state index is 10.8. The van der Waals surface area contributed by atoms with Gasteiger partial charge in [0.25, 0.3) is 0 Å². The lowest BCUT2D eigenvalue weighted by atomic mass is 9.99. The van der Waals surface area contributed by atoms with Gasteiger partial charge >= 0.3 is 5.97 Å². The highest BCUT2D eigenvalue weighted by molar-refractivity contribution is 5.83. The van der Waals surface area contributed by atoms with E-state index in [9.17, 15) is 9.90 Å². The summed E-state index contributed by atoms with van der Waals surface area (Å²) in [6.45, 7) is 0. The minimum atomic E-state index is -1.71. The molecule has 0 saturated heterocycles. The second-order valence-corrected chi connectivity index (χ2v) is 4.44. The van der Waals surface area contributed by atoms with E-state index in [1.165, 1.54) is 0 Å². The Hall–Kier alpha value is -2.56. The van der Waals surface area contributed by atoms with Crippen LogP contribution in [0.4, 0.5) is 0 Å². The Morgan fingerprint density at radius 3 is 2.60 bits per heavy atom. The Bertz CT molecular complexity index is 680. The lowest BCUT2D eigenvalue weighted by molar-refractivity contribution is -0.147. The summed E-state index contributed by atoms with van der Waals surface area (Å²) in [4.78, 5) is 13.4. The summed E-state index contributed by atoms with van der Waals surface area (Å²) in [5, 5.41) is 23.8. The molecule has 2 unspecified atom stereocenters. The van der Waals surface area contributed by atoms with Crippen LogP contribution in [0.5, 0.6) is 0 Å². The van der Waals surface area contributed by atoms with Gasteiger partial charge in [0.2, 0.25) is 0 Å². The number of aliphatic carboxylic acids is 1. The second-order valence-electron chi connectivity index (χ2n) is 4.44. The van der Waals surface area contributed by atoms with Crippen LogP contribution < -0.4 is 0 Å². The average molecular weight is 271 g/mol. The number of nitrogens with zero attached hydrogens (tertiary/aromatic N) is 3. The molecule has 102 valence electrons. The number of hydrogen-bond donors (Lipinski definition) is 2. The Labute approximate surface area is 114 Å². The first-order valence-electron chi connectivity index (χ1n) is 6.04. The number of azide groups is 1. The number of aliphatic hydroxyl groups excluding tert-OH is 1. The summed E-state index contributed by atoms with van der Waals surface area (Å²) in [6.07, 6.45) is -1.54. The molecule has 0 heterocycles. The highest BCUT2D eigenvalue weighted by Crippen LogP contribution is 2.18. The number of hydrogen-bond acceptors (Lipinski definition) is 3. The van der Waals surface area contributed by atoms with E-state index in [-0.39, 0.29) is 6.42 Å². The molecule has 2 aromatic carbocycles. The van der Waals surface area contributed by atoms with Crippen molar-refractivity contribution >= 4 is 16.7 Å². The monoisotopic (exact) mass is 271 g/mol. The highest BCUT2D eigenvalue weighted by atomic mass is 16.4. The van der Waals surface area contributed by atoms with E-state index >= 15 is 0 Å². The van der Waals surface area contributed by atoms with Gasteiger partial charge in [-0.25, -0.2) is 4.79 Å². The van der Waals surface area contributed by atoms with E-state index in [0.29, 0.717) is 0 Å². The van der Waals surface area contributed by atoms with Crippen molar-refractivity contribution in [1.29, 1.82) is 0 Å². The van der Waals surface area contributed by atoms with Crippen molar-refractivity contribution in [3.63, 3.8) is 0 Å². The molecule has 0 aromatic heterocycles. The van der Waals surface area contributed by atoms with Crippen molar-refractivity contribution in [2.45, 2.75) is 18.6 Å². The number of carbonyl (C=O) groups is 1. The Morgan fingerprint density at radius 2 is 1.95 bits per heavy atom. The Kier molecular flexibility index (Phi) is 4.20. The number of rotatable bonds is 5. The molecule has 20 heavy (non-hydrogen) atoms. The van der Waals surface area contributed by atoms with Crippen molar-refractivity contribution in [2.75, 3.05) is 0 Å². The molecule has 0 fully saturated rings. The third-order valence-electron chi connectivity index (χ3n) is 3.08. The quantitative estimate of drug-likeness (QED) is 0.495. The number of carboxylic acids is 1. The van der Waals surface area contributed by atoms with Gasteiger partial charge in [0, 0.05) is 4.91 Å². The molecule has 6 nitrogen and oxygen atoms in total. The van der Waals surface area contributed by atoms with E-state index in [1.807, 2.05) is 42.5 Å². The third-order valence-corrected chi connectivity index (χ3v) is 3.08. The second kappa shape index (κ2) is 6.06. The molecule has 0 radical (unpaired) electrons. The number of carboxylic acid groups (broad SMARTS) is 1. The van der Waals surface area contributed by atoms with Crippen LogP contribution in [0.3, 0.4) is 0 Å². The van der Waals surface area contributed by atoms with E-state index < -0.39 is 18.1 Å². The zero-order valence-electron chi connectivity index (χ0n) is 10.5. The van der Waals surface area contributed by atoms with Crippen molar-refractivity contribution in [3.05, 3.63) is 58.5 Å². The lowest BCUT2D eigenvalue weighted by Crippen LogP contribution is -2.33. The van der Waals surface area contributed by atoms with Crippen LogP contribution in [0.25, 0.3) is 21.2 Å². The summed E-state index contributed by atoms with van der Waals surface area (Å²) in [5.74, 6) is -1.40. The van der Waals surface area contributed by atoms with Gasteiger partial charge in [0.15, 0.2) is 6.10 Å². The normalized spacial score (nSPS) is 13.4. The summed E-state index contributed by atoms with van der Waals surface area (Å²) in [6, 6.07) is 12.3. The van der Waals surface area contributed by atoms with Crippen LogP contribution in [-0.2, 0) is 11.2 Å². The number of benzene rings is 2. The molecule has 2 aromatic rings. The Balaban J connectivity index is 2.28. The zero-order valence-corrected chi connectivity index (χ0v) is 10.5. The van der Waals surface area contributed by atoms with Crippen molar-refractivity contribution < 1.29 is 15.0 Å². The SMILES string of the molecule is [N-]=[N+]=NC(Cc1ccc2ccccc2c1)C(O)C(=O)O. The lowest BCUT2D eigenvalue weighted by Gasteiger charge is -2.14. The van der Waals surface area contributed by atoms with Gasteiger partial charge < -0.3 is 10.2 Å². The molecular formula is C14H13N3O3. The molecule has 0 saturated carbocycles. The van der Waals surface area contributed by atoms with Gasteiger partial charge in [-0.2, -0.15) is 0 Å². The molecule has 0 aliphatic carbocycles. The van der Waals surface area contributed by atoms with Crippen molar-refractivity contribution in [3.8, 4) is 0 Å². The van der Waals surface area contributed by atoms with Crippen molar-refractivity contribution in [1.82, 2.24) is 0 Å². The number of aliphatic hydroxyl groups is 1. The molecule has 2 rings (SSSR count). The van der Waals surface area contributed by atoms with Crippen LogP contribution in [0.1, 0.15) is 5.56 Å². The van der Waals surface area contributed by atoms with Gasteiger partial charge in [-0.05, 0) is 28.3 Å². The first kappa shape index (κ1) is 13.9. The maximum Gasteiger partial charge on any atom is 0.332 e. The molecule has 2 N–H and O–H groups in total. The van der Waals surface area contributed by atoms with Crippen LogP contribution in [0.2, 0.25) is 0 Å². The molecule has 0 amide bonds. The maximum atomic E-state index is 10.8. The van der Waals surface area contributed by atoms with Crippen LogP contribution in [0, 0.1) is 0 Å². The summed E-state index contributed by atoms with van der Waals surface area (Å²) in [7, 11) is 0. The predicted molar refractivity (Wildman–Crippen MR) is 74.2 cm³/mol. The van der Waals surface area contributed by atoms with Gasteiger partial charge in [0.05, 0.1) is 6.04 Å². The van der Waals surface area contributed by atoms with Gasteiger partial charge in [-0.15, -0.1) is 0 Å². The van der Waals surface area contributed by atoms with Crippen molar-refractivity contribution in [2.24, 2.45) is 5.11 Å². The molecular weight excluding hydrogens is 258 g/mol. The van der Waals surface area contributed by atoms with E-state index in [2.05, 4.69) is 10.0 Å². The Morgan fingerprint density at radius 1 is 1.25 bits per heavy atom. The summed E-state index contributed by atoms with van der Waals surface area (Å²) >= 11 is 0. The smallest absolute Gasteiger partial charge is 0.332 e. The molecule has 6 heteroatoms. The molecule has 0 aliphatic rings. The fourth-order valence-electron chi connectivity index (χ4n) is 2.05. The molecule has 0 bridgehead atoms. The molecule has 2 atom stereocenters. The minimum absolute atomic E-state index is 0.169. The first-order valence-corrected chi connectivity index (χ1v) is 6.04. The van der Waals surface area contributed by atoms with Crippen LogP contribution in [0.15, 0.2) is 47.6 Å². The zero-order chi connectivity index (χ0) is 14.5. The van der Waals surface area contributed by atoms with E-state index in [1.54, 1.807) is 0 Å². The summed E-state index contributed by atoms with van der Waals surface area (Å²) < 4.78 is 0. The topological polar surface area (TPSA) is 106 Å². The van der Waals surface area contributed by atoms with Gasteiger partial charge in [-0.3, -0.25) is 0 Å². The third kappa shape index (κ3) is 3.06. The fourth-order valence-corrected chi connectivity index (χ4v) is 2.05. The van der Waals surface area contributed by atoms with Crippen LogP contribution in [-0.4, -0.2) is 28.3 Å². The highest BCUT2D eigenvalue weighted by Gasteiger charge is 2.24. The van der Waals surface area contributed by atoms with Crippen LogP contribution >= 0.6 is 0 Å². The van der Waals surface area contributed by atoms with E-state index in [0.717, 1.165) is 16.3 Å². The number of fused-ring (bicyclic) bond motifs is 1. The van der Waals surface area contributed by atoms with E-state index in [4.69, 9.17) is 10.6 Å². The average Bonchev–Trinajstić information content (AvgIpc) is 2.46. The standard InChI is InChI=1S/C14H13N3O3/c15-17-16-12(13(18)14(19)20)8-9-5-6-10-3-1-2-4-11(10)7-9/h1-7,12-13,18H,8H2,(H,19,20). The summed E-state index contributed by atoms with van der Waals surface area (Å²) in [5.41, 5.74) is 9.28. The molecule has 0 aliphatic heterocycles.